The van der Waals surface area contributed by atoms with E-state index in [4.69, 9.17) is 0 Å². The molecular weight excluding hydrogens is 400 g/mol. The van der Waals surface area contributed by atoms with E-state index in [1.54, 1.807) is 0 Å². The van der Waals surface area contributed by atoms with E-state index in [0.717, 1.165) is 12.2 Å². The van der Waals surface area contributed by atoms with Gasteiger partial charge in [0.15, 0.2) is 23.3 Å². The molecule has 0 saturated heterocycles. The molecule has 0 amide bonds. The maximum absolute atomic E-state index is 14.2. The molecular formula is C18H10F8O2. The van der Waals surface area contributed by atoms with E-state index in [9.17, 15) is 35.1 Å². The standard InChI is InChI=1S/C18H10F8O2/c1-3-5-27-17-13(23)9(19)7(10(20)14(17)24)8-11(21)15(25)18(28-6-4-2)16(26)12(8)22/h3-6H,1-2H3. The van der Waals surface area contributed by atoms with Gasteiger partial charge in [-0.3, -0.25) is 0 Å². The number of halogens is 8. The molecule has 10 heteroatoms. The zero-order chi connectivity index (χ0) is 21.2. The molecule has 0 bridgehead atoms. The molecule has 0 spiro atoms. The average molecular weight is 410 g/mol. The molecule has 0 radical (unpaired) electrons. The summed E-state index contributed by atoms with van der Waals surface area (Å²) in [4.78, 5) is 0. The first kappa shape index (κ1) is 21.3. The molecule has 2 aromatic rings. The Labute approximate surface area is 153 Å². The van der Waals surface area contributed by atoms with Gasteiger partial charge in [0, 0.05) is 0 Å². The maximum atomic E-state index is 14.2. The minimum Gasteiger partial charge on any atom is -0.459 e. The highest BCUT2D eigenvalue weighted by Gasteiger charge is 2.35. The molecule has 0 aromatic heterocycles. The molecule has 0 fully saturated rings. The van der Waals surface area contributed by atoms with Crippen LogP contribution in [0.1, 0.15) is 13.8 Å². The van der Waals surface area contributed by atoms with E-state index in [0.29, 0.717) is 12.5 Å². The van der Waals surface area contributed by atoms with Crippen LogP contribution in [0.4, 0.5) is 35.1 Å². The van der Waals surface area contributed by atoms with Crippen molar-refractivity contribution in [2.75, 3.05) is 0 Å². The summed E-state index contributed by atoms with van der Waals surface area (Å²) >= 11 is 0. The van der Waals surface area contributed by atoms with Crippen molar-refractivity contribution in [2.45, 2.75) is 13.8 Å². The van der Waals surface area contributed by atoms with Crippen LogP contribution in [0.5, 0.6) is 11.5 Å². The molecule has 2 aromatic carbocycles. The Balaban J connectivity index is 2.86. The van der Waals surface area contributed by atoms with Crippen molar-refractivity contribution in [1.29, 1.82) is 0 Å². The summed E-state index contributed by atoms with van der Waals surface area (Å²) in [5.41, 5.74) is -3.98. The first-order valence-electron chi connectivity index (χ1n) is 7.46. The van der Waals surface area contributed by atoms with Gasteiger partial charge in [0.1, 0.15) is 0 Å². The third-order valence-corrected chi connectivity index (χ3v) is 3.34. The van der Waals surface area contributed by atoms with Gasteiger partial charge >= 0.3 is 0 Å². The van der Waals surface area contributed by atoms with Gasteiger partial charge in [-0.15, -0.1) is 0 Å². The fraction of sp³-hybridized carbons (Fsp3) is 0.111. The maximum Gasteiger partial charge on any atom is 0.205 e. The highest BCUT2D eigenvalue weighted by atomic mass is 19.2. The van der Waals surface area contributed by atoms with Crippen LogP contribution in [0.3, 0.4) is 0 Å². The van der Waals surface area contributed by atoms with E-state index in [-0.39, 0.29) is 0 Å². The van der Waals surface area contributed by atoms with Gasteiger partial charge in [0.05, 0.1) is 23.7 Å². The van der Waals surface area contributed by atoms with Crippen molar-refractivity contribution in [3.8, 4) is 22.6 Å². The smallest absolute Gasteiger partial charge is 0.205 e. The van der Waals surface area contributed by atoms with Crippen LogP contribution in [0.2, 0.25) is 0 Å². The minimum absolute atomic E-state index is 0.675. The SMILES string of the molecule is CC=COc1c(F)c(F)c(-c2c(F)c(F)c(OC=CC)c(F)c2F)c(F)c1F. The van der Waals surface area contributed by atoms with Crippen molar-refractivity contribution < 1.29 is 44.6 Å². The fourth-order valence-electron chi connectivity index (χ4n) is 2.14. The number of rotatable bonds is 5. The largest absolute Gasteiger partial charge is 0.459 e. The number of ether oxygens (including phenoxy) is 2. The summed E-state index contributed by atoms with van der Waals surface area (Å²) in [6.45, 7) is 2.70. The Morgan fingerprint density at radius 1 is 0.464 bits per heavy atom. The molecule has 0 aliphatic rings. The first-order chi connectivity index (χ1) is 13.2. The molecule has 150 valence electrons. The van der Waals surface area contributed by atoms with Gasteiger partial charge in [-0.2, -0.15) is 17.6 Å². The van der Waals surface area contributed by atoms with Gasteiger partial charge in [-0.05, 0) is 13.8 Å². The molecule has 0 saturated carbocycles. The Hall–Kier alpha value is -3.04. The van der Waals surface area contributed by atoms with Crippen molar-refractivity contribution in [3.63, 3.8) is 0 Å². The molecule has 0 aliphatic carbocycles. The van der Waals surface area contributed by atoms with Crippen LogP contribution in [0.15, 0.2) is 24.7 Å². The summed E-state index contributed by atoms with van der Waals surface area (Å²) in [5.74, 6) is -21.1. The molecule has 0 atom stereocenters. The first-order valence-corrected chi connectivity index (χ1v) is 7.46. The summed E-state index contributed by atoms with van der Waals surface area (Å²) in [5, 5.41) is 0. The summed E-state index contributed by atoms with van der Waals surface area (Å²) in [6.07, 6.45) is 3.59. The number of hydrogen-bond acceptors (Lipinski definition) is 2. The van der Waals surface area contributed by atoms with Crippen molar-refractivity contribution in [3.05, 3.63) is 71.2 Å². The quantitative estimate of drug-likeness (QED) is 0.328. The lowest BCUT2D eigenvalue weighted by atomic mass is 10.0. The Kier molecular flexibility index (Phi) is 6.32. The second-order valence-corrected chi connectivity index (χ2v) is 5.09. The van der Waals surface area contributed by atoms with E-state index in [1.807, 2.05) is 0 Å². The lowest BCUT2D eigenvalue weighted by Crippen LogP contribution is -2.09. The van der Waals surface area contributed by atoms with Crippen molar-refractivity contribution in [1.82, 2.24) is 0 Å². The zero-order valence-corrected chi connectivity index (χ0v) is 14.1. The molecule has 2 rings (SSSR count). The Bertz CT molecular complexity index is 845. The van der Waals surface area contributed by atoms with Gasteiger partial charge in [-0.1, -0.05) is 12.2 Å². The lowest BCUT2D eigenvalue weighted by molar-refractivity contribution is 0.359. The second-order valence-electron chi connectivity index (χ2n) is 5.09. The topological polar surface area (TPSA) is 18.5 Å². The van der Waals surface area contributed by atoms with Gasteiger partial charge in [0.2, 0.25) is 34.8 Å². The van der Waals surface area contributed by atoms with E-state index in [2.05, 4.69) is 9.47 Å². The van der Waals surface area contributed by atoms with Crippen LogP contribution < -0.4 is 9.47 Å². The molecule has 28 heavy (non-hydrogen) atoms. The number of hydrogen-bond donors (Lipinski definition) is 0. The highest BCUT2D eigenvalue weighted by molar-refractivity contribution is 5.69. The van der Waals surface area contributed by atoms with Crippen LogP contribution in [0.25, 0.3) is 11.1 Å². The predicted octanol–water partition coefficient (Wildman–Crippen LogP) is 6.29. The highest BCUT2D eigenvalue weighted by Crippen LogP contribution is 2.41. The van der Waals surface area contributed by atoms with E-state index < -0.39 is 69.2 Å². The molecule has 0 aliphatic heterocycles. The molecule has 0 heterocycles. The van der Waals surface area contributed by atoms with Gasteiger partial charge in [0.25, 0.3) is 0 Å². The van der Waals surface area contributed by atoms with Gasteiger partial charge < -0.3 is 9.47 Å². The van der Waals surface area contributed by atoms with Crippen LogP contribution in [-0.4, -0.2) is 0 Å². The Morgan fingerprint density at radius 3 is 0.929 bits per heavy atom. The summed E-state index contributed by atoms with van der Waals surface area (Å²) < 4.78 is 122. The monoisotopic (exact) mass is 410 g/mol. The predicted molar refractivity (Wildman–Crippen MR) is 82.4 cm³/mol. The van der Waals surface area contributed by atoms with Crippen molar-refractivity contribution >= 4 is 0 Å². The van der Waals surface area contributed by atoms with Crippen molar-refractivity contribution in [2.24, 2.45) is 0 Å². The zero-order valence-electron chi connectivity index (χ0n) is 14.1. The minimum atomic E-state index is -2.32. The van der Waals surface area contributed by atoms with Crippen LogP contribution in [0, 0.1) is 46.5 Å². The Morgan fingerprint density at radius 2 is 0.714 bits per heavy atom. The summed E-state index contributed by atoms with van der Waals surface area (Å²) in [7, 11) is 0. The molecule has 0 unspecified atom stereocenters. The second kappa shape index (κ2) is 8.32. The fourth-order valence-corrected chi connectivity index (χ4v) is 2.14. The normalized spacial score (nSPS) is 11.6. The third-order valence-electron chi connectivity index (χ3n) is 3.34. The summed E-state index contributed by atoms with van der Waals surface area (Å²) in [6, 6.07) is 0. The molecule has 0 N–H and O–H groups in total. The molecule has 2 nitrogen and oxygen atoms in total. The number of benzene rings is 2. The van der Waals surface area contributed by atoms with Gasteiger partial charge in [-0.25, -0.2) is 17.6 Å². The van der Waals surface area contributed by atoms with E-state index >= 15 is 0 Å². The average Bonchev–Trinajstić information content (AvgIpc) is 2.67. The van der Waals surface area contributed by atoms with Crippen LogP contribution >= 0.6 is 0 Å². The lowest BCUT2D eigenvalue weighted by Gasteiger charge is -2.14. The van der Waals surface area contributed by atoms with Crippen LogP contribution in [-0.2, 0) is 0 Å². The van der Waals surface area contributed by atoms with E-state index in [1.165, 1.54) is 13.8 Å². The number of allylic oxidation sites excluding steroid dienone is 2. The third kappa shape index (κ3) is 3.41.